The number of nitrogens with zero attached hydrogens (tertiary/aromatic N) is 6. The molecule has 0 aliphatic carbocycles. The molecule has 2 fully saturated rings. The molecule has 2 aliphatic rings. The Hall–Kier alpha value is -4.14. The van der Waals surface area contributed by atoms with Gasteiger partial charge in [-0.05, 0) is 44.0 Å². The quantitative estimate of drug-likeness (QED) is 0.165. The van der Waals surface area contributed by atoms with Gasteiger partial charge in [-0.2, -0.15) is 9.97 Å². The summed E-state index contributed by atoms with van der Waals surface area (Å²) in [6, 6.07) is 20.7. The average molecular weight is 631 g/mol. The van der Waals surface area contributed by atoms with Crippen molar-refractivity contribution in [3.05, 3.63) is 78.1 Å². The number of amides is 1. The van der Waals surface area contributed by atoms with Crippen molar-refractivity contribution >= 4 is 28.8 Å². The van der Waals surface area contributed by atoms with Crippen LogP contribution in [0.3, 0.4) is 0 Å². The van der Waals surface area contributed by atoms with Crippen LogP contribution >= 0.6 is 0 Å². The Morgan fingerprint density at radius 1 is 1.02 bits per heavy atom. The first-order valence-electron chi connectivity index (χ1n) is 16.0. The lowest BCUT2D eigenvalue weighted by atomic mass is 9.91. The van der Waals surface area contributed by atoms with Crippen molar-refractivity contribution in [2.75, 3.05) is 48.4 Å². The number of anilines is 2. The molecule has 0 saturated carbocycles. The van der Waals surface area contributed by atoms with Gasteiger partial charge in [-0.15, -0.1) is 0 Å². The Morgan fingerprint density at radius 3 is 2.33 bits per heavy atom. The van der Waals surface area contributed by atoms with Crippen LogP contribution in [0.1, 0.15) is 43.7 Å². The maximum Gasteiger partial charge on any atom is 0.273 e. The topological polar surface area (TPSA) is 161 Å². The zero-order valence-corrected chi connectivity index (χ0v) is 26.1. The van der Waals surface area contributed by atoms with Crippen LogP contribution in [-0.4, -0.2) is 109 Å². The third-order valence-corrected chi connectivity index (χ3v) is 8.84. The van der Waals surface area contributed by atoms with E-state index in [-0.39, 0.29) is 18.5 Å². The fourth-order valence-corrected chi connectivity index (χ4v) is 6.32. The maximum absolute atomic E-state index is 13.6. The molecule has 13 heteroatoms. The molecular weight excluding hydrogens is 588 g/mol. The summed E-state index contributed by atoms with van der Waals surface area (Å²) < 4.78 is 6.73. The molecule has 2 aromatic carbocycles. The van der Waals surface area contributed by atoms with Crippen LogP contribution in [0.5, 0.6) is 0 Å². The predicted molar refractivity (Wildman–Crippen MR) is 174 cm³/mol. The number of hydrogen-bond acceptors (Lipinski definition) is 11. The fourth-order valence-electron chi connectivity index (χ4n) is 6.32. The SMILES string of the molecule is CCN1CCCC(Nc2nc(NCC(c3ccccc3)c3ccccc3)c3ncn(N(CC)C(=O)[C@H]4O[C@@H](O)[C@H](O)[C@@H]4O)c3n2)C1. The van der Waals surface area contributed by atoms with Crippen molar-refractivity contribution in [2.45, 2.75) is 63.3 Å². The zero-order valence-electron chi connectivity index (χ0n) is 26.1. The predicted octanol–water partition coefficient (Wildman–Crippen LogP) is 1.89. The molecule has 1 amide bonds. The van der Waals surface area contributed by atoms with Crippen molar-refractivity contribution in [1.82, 2.24) is 24.5 Å². The van der Waals surface area contributed by atoms with Gasteiger partial charge in [0.1, 0.15) is 18.5 Å². The summed E-state index contributed by atoms with van der Waals surface area (Å²) in [5.74, 6) is 0.293. The molecule has 2 aromatic heterocycles. The number of likely N-dealkylation sites (N-methyl/N-ethyl adjacent to an activating group) is 2. The summed E-state index contributed by atoms with van der Waals surface area (Å²) in [7, 11) is 0. The lowest BCUT2D eigenvalue weighted by molar-refractivity contribution is -0.150. The number of likely N-dealkylation sites (tertiary alicyclic amines) is 1. The highest BCUT2D eigenvalue weighted by Gasteiger charge is 2.47. The number of hydrogen-bond donors (Lipinski definition) is 5. The van der Waals surface area contributed by atoms with Crippen LogP contribution in [0.4, 0.5) is 11.8 Å². The first-order valence-corrected chi connectivity index (χ1v) is 16.0. The number of carbonyl (C=O) groups is 1. The summed E-state index contributed by atoms with van der Waals surface area (Å²) >= 11 is 0. The highest BCUT2D eigenvalue weighted by Crippen LogP contribution is 2.28. The van der Waals surface area contributed by atoms with E-state index in [0.717, 1.165) is 43.6 Å². The van der Waals surface area contributed by atoms with E-state index in [1.54, 1.807) is 6.92 Å². The van der Waals surface area contributed by atoms with Gasteiger partial charge in [0.2, 0.25) is 5.95 Å². The van der Waals surface area contributed by atoms with Crippen LogP contribution in [-0.2, 0) is 9.53 Å². The second kappa shape index (κ2) is 14.1. The van der Waals surface area contributed by atoms with Crippen molar-refractivity contribution in [3.63, 3.8) is 0 Å². The van der Waals surface area contributed by atoms with Crippen LogP contribution in [0.25, 0.3) is 11.2 Å². The minimum atomic E-state index is -1.67. The number of fused-ring (bicyclic) bond motifs is 1. The van der Waals surface area contributed by atoms with Crippen molar-refractivity contribution in [3.8, 4) is 0 Å². The number of aliphatic hydroxyl groups is 3. The Kier molecular flexibility index (Phi) is 9.75. The molecule has 244 valence electrons. The molecular formula is C33H42N8O5. The molecule has 0 radical (unpaired) electrons. The van der Waals surface area contributed by atoms with E-state index in [1.807, 2.05) is 36.4 Å². The fraction of sp³-hybridized carbons (Fsp3) is 0.455. The lowest BCUT2D eigenvalue weighted by Crippen LogP contribution is -2.50. The summed E-state index contributed by atoms with van der Waals surface area (Å²) in [6.45, 7) is 7.50. The van der Waals surface area contributed by atoms with E-state index in [1.165, 1.54) is 16.0 Å². The Labute approximate surface area is 267 Å². The molecule has 6 rings (SSSR count). The van der Waals surface area contributed by atoms with E-state index in [4.69, 9.17) is 14.7 Å². The van der Waals surface area contributed by atoms with Crippen LogP contribution in [0.2, 0.25) is 0 Å². The number of ether oxygens (including phenoxy) is 1. The van der Waals surface area contributed by atoms with E-state index in [0.29, 0.717) is 29.5 Å². The first kappa shape index (κ1) is 31.8. The highest BCUT2D eigenvalue weighted by atomic mass is 16.6. The Balaban J connectivity index is 1.36. The lowest BCUT2D eigenvalue weighted by Gasteiger charge is -2.32. The van der Waals surface area contributed by atoms with E-state index in [2.05, 4.69) is 51.7 Å². The summed E-state index contributed by atoms with van der Waals surface area (Å²) in [5, 5.41) is 38.7. The van der Waals surface area contributed by atoms with Crippen molar-refractivity contribution in [1.29, 1.82) is 0 Å². The van der Waals surface area contributed by atoms with Crippen LogP contribution in [0, 0.1) is 0 Å². The number of benzene rings is 2. The number of piperidine rings is 1. The van der Waals surface area contributed by atoms with Crippen molar-refractivity contribution < 1.29 is 24.9 Å². The second-order valence-corrected chi connectivity index (χ2v) is 11.8. The van der Waals surface area contributed by atoms with Gasteiger partial charge in [-0.3, -0.25) is 4.79 Å². The number of imidazole rings is 1. The van der Waals surface area contributed by atoms with Gasteiger partial charge >= 0.3 is 0 Å². The third kappa shape index (κ3) is 6.55. The van der Waals surface area contributed by atoms with E-state index < -0.39 is 30.5 Å². The van der Waals surface area contributed by atoms with Gasteiger partial charge in [0.05, 0.1) is 0 Å². The van der Waals surface area contributed by atoms with Gasteiger partial charge in [0.15, 0.2) is 29.4 Å². The van der Waals surface area contributed by atoms with E-state index in [9.17, 15) is 20.1 Å². The minimum Gasteiger partial charge on any atom is -0.387 e. The molecule has 0 bridgehead atoms. The molecule has 0 spiro atoms. The van der Waals surface area contributed by atoms with Crippen molar-refractivity contribution in [2.24, 2.45) is 0 Å². The van der Waals surface area contributed by atoms with Crippen LogP contribution in [0.15, 0.2) is 67.0 Å². The zero-order chi connectivity index (χ0) is 32.2. The molecule has 4 aromatic rings. The number of aromatic nitrogens is 4. The second-order valence-electron chi connectivity index (χ2n) is 11.8. The average Bonchev–Trinajstić information content (AvgIpc) is 3.62. The maximum atomic E-state index is 13.6. The molecule has 5 N–H and O–H groups in total. The smallest absolute Gasteiger partial charge is 0.273 e. The molecule has 5 atom stereocenters. The number of carbonyl (C=O) groups excluding carboxylic acids is 1. The van der Waals surface area contributed by atoms with Gasteiger partial charge < -0.3 is 35.6 Å². The van der Waals surface area contributed by atoms with Gasteiger partial charge in [0, 0.05) is 31.6 Å². The molecule has 46 heavy (non-hydrogen) atoms. The molecule has 4 heterocycles. The molecule has 2 saturated heterocycles. The first-order chi connectivity index (χ1) is 22.4. The largest absolute Gasteiger partial charge is 0.387 e. The van der Waals surface area contributed by atoms with Gasteiger partial charge in [0.25, 0.3) is 5.91 Å². The summed E-state index contributed by atoms with van der Waals surface area (Å²) in [4.78, 5) is 30.3. The molecule has 1 unspecified atom stereocenters. The number of aliphatic hydroxyl groups excluding tert-OH is 3. The monoisotopic (exact) mass is 630 g/mol. The highest BCUT2D eigenvalue weighted by molar-refractivity contribution is 5.93. The molecule has 13 nitrogen and oxygen atoms in total. The van der Waals surface area contributed by atoms with E-state index >= 15 is 0 Å². The summed E-state index contributed by atoms with van der Waals surface area (Å²) in [5.41, 5.74) is 3.14. The molecule has 2 aliphatic heterocycles. The van der Waals surface area contributed by atoms with Gasteiger partial charge in [-0.1, -0.05) is 67.6 Å². The third-order valence-electron chi connectivity index (χ3n) is 8.84. The summed E-state index contributed by atoms with van der Waals surface area (Å²) in [6.07, 6.45) is -2.79. The normalized spacial score (nSPS) is 23.6. The number of rotatable bonds is 11. The Bertz CT molecular complexity index is 1570. The number of nitrogens with one attached hydrogen (secondary N) is 2. The minimum absolute atomic E-state index is 0.0231. The van der Waals surface area contributed by atoms with Crippen LogP contribution < -0.4 is 15.6 Å². The van der Waals surface area contributed by atoms with Gasteiger partial charge in [-0.25, -0.2) is 14.7 Å². The standard InChI is InChI=1S/C33H42N8O5/c1-3-39-17-11-16-23(19-39)36-33-37-29(34-18-24(21-12-7-5-8-13-21)22-14-9-6-10-15-22)25-30(38-33)41(20-35-25)40(4-2)31(44)28-26(42)27(43)32(45)46-28/h5-10,12-15,20,23-24,26-28,32,42-43,45H,3-4,11,16-19H2,1-2H3,(H2,34,36,37,38)/t23?,26-,27+,28-,32+/m0/s1. The Morgan fingerprint density at radius 2 is 1.72 bits per heavy atom.